The van der Waals surface area contributed by atoms with Gasteiger partial charge in [-0.3, -0.25) is 14.4 Å². The number of ether oxygens (including phenoxy) is 1. The highest BCUT2D eigenvalue weighted by molar-refractivity contribution is 7.14. The van der Waals surface area contributed by atoms with Crippen molar-refractivity contribution < 1.29 is 23.5 Å². The molecule has 11 heteroatoms. The number of aromatic nitrogens is 1. The lowest BCUT2D eigenvalue weighted by atomic mass is 10.2. The summed E-state index contributed by atoms with van der Waals surface area (Å²) in [6.07, 6.45) is 1.72. The predicted octanol–water partition coefficient (Wildman–Crippen LogP) is 3.21. The summed E-state index contributed by atoms with van der Waals surface area (Å²) in [5.74, 6) is 0.966. The van der Waals surface area contributed by atoms with Crippen LogP contribution in [-0.2, 0) is 16.1 Å². The number of carbonyl (C=O) groups is 3. The Balaban J connectivity index is 1.41. The molecule has 3 heterocycles. The Morgan fingerprint density at radius 1 is 1.11 bits per heavy atom. The molecule has 10 nitrogen and oxygen atoms in total. The van der Waals surface area contributed by atoms with Crippen LogP contribution in [0.3, 0.4) is 0 Å². The lowest BCUT2D eigenvalue weighted by molar-refractivity contribution is -0.138. The summed E-state index contributed by atoms with van der Waals surface area (Å²) in [6.45, 7) is 4.02. The number of anilines is 2. The highest BCUT2D eigenvalue weighted by atomic mass is 32.1. The molecule has 0 aliphatic carbocycles. The van der Waals surface area contributed by atoms with E-state index in [4.69, 9.17) is 9.15 Å². The van der Waals surface area contributed by atoms with Crippen LogP contribution in [0.2, 0.25) is 0 Å². The van der Waals surface area contributed by atoms with Crippen molar-refractivity contribution in [3.8, 4) is 5.75 Å². The summed E-state index contributed by atoms with van der Waals surface area (Å²) in [7, 11) is 1.59. The van der Waals surface area contributed by atoms with Crippen molar-refractivity contribution in [2.45, 2.75) is 19.9 Å². The molecule has 0 bridgehead atoms. The van der Waals surface area contributed by atoms with Gasteiger partial charge in [-0.15, -0.1) is 11.3 Å². The molecular weight excluding hydrogens is 482 g/mol. The van der Waals surface area contributed by atoms with Gasteiger partial charge in [0.05, 0.1) is 25.6 Å². The molecule has 0 unspecified atom stereocenters. The maximum Gasteiger partial charge on any atom is 0.273 e. The second kappa shape index (κ2) is 11.7. The maximum atomic E-state index is 13.4. The van der Waals surface area contributed by atoms with E-state index in [1.165, 1.54) is 18.3 Å². The molecule has 0 spiro atoms. The van der Waals surface area contributed by atoms with Crippen LogP contribution >= 0.6 is 11.3 Å². The van der Waals surface area contributed by atoms with Crippen LogP contribution in [0.15, 0.2) is 52.5 Å². The zero-order chi connectivity index (χ0) is 25.5. The van der Waals surface area contributed by atoms with Gasteiger partial charge < -0.3 is 29.2 Å². The molecule has 1 aliphatic heterocycles. The van der Waals surface area contributed by atoms with Crippen LogP contribution in [0.25, 0.3) is 0 Å². The number of carbonyl (C=O) groups excluding carboxylic acids is 3. The molecule has 0 radical (unpaired) electrons. The highest BCUT2D eigenvalue weighted by Crippen LogP contribution is 2.29. The first-order chi connectivity index (χ1) is 17.4. The van der Waals surface area contributed by atoms with Crippen molar-refractivity contribution in [2.24, 2.45) is 0 Å². The number of amides is 3. The van der Waals surface area contributed by atoms with Crippen LogP contribution in [0.1, 0.15) is 29.6 Å². The number of hydrogen-bond donors (Lipinski definition) is 1. The van der Waals surface area contributed by atoms with Crippen molar-refractivity contribution >= 4 is 39.9 Å². The number of benzene rings is 1. The van der Waals surface area contributed by atoms with E-state index >= 15 is 0 Å². The van der Waals surface area contributed by atoms with Gasteiger partial charge in [-0.1, -0.05) is 12.1 Å². The molecule has 2 aromatic heterocycles. The van der Waals surface area contributed by atoms with E-state index in [2.05, 4.69) is 10.3 Å². The van der Waals surface area contributed by atoms with Gasteiger partial charge in [0.1, 0.15) is 17.2 Å². The zero-order valence-electron chi connectivity index (χ0n) is 20.3. The van der Waals surface area contributed by atoms with Crippen molar-refractivity contribution in [1.29, 1.82) is 0 Å². The number of furan rings is 1. The average Bonchev–Trinajstić information content (AvgIpc) is 3.58. The van der Waals surface area contributed by atoms with Gasteiger partial charge in [0.25, 0.3) is 5.91 Å². The number of para-hydroxylation sites is 2. The average molecular weight is 512 g/mol. The van der Waals surface area contributed by atoms with Crippen LogP contribution in [0.5, 0.6) is 5.75 Å². The number of methoxy groups -OCH3 is 1. The first-order valence-corrected chi connectivity index (χ1v) is 12.5. The Hall–Kier alpha value is -3.86. The van der Waals surface area contributed by atoms with Crippen molar-refractivity contribution in [3.05, 3.63) is 59.5 Å². The Kier molecular flexibility index (Phi) is 8.21. The van der Waals surface area contributed by atoms with Crippen molar-refractivity contribution in [1.82, 2.24) is 19.7 Å². The van der Waals surface area contributed by atoms with Gasteiger partial charge in [0.2, 0.25) is 11.8 Å². The molecular formula is C25H29N5O5S. The molecule has 0 atom stereocenters. The summed E-state index contributed by atoms with van der Waals surface area (Å²) in [5, 5.41) is 5.44. The highest BCUT2D eigenvalue weighted by Gasteiger charge is 2.25. The minimum atomic E-state index is -0.287. The zero-order valence-corrected chi connectivity index (χ0v) is 21.1. The van der Waals surface area contributed by atoms with Crippen LogP contribution in [-0.4, -0.2) is 77.2 Å². The van der Waals surface area contributed by atoms with Gasteiger partial charge >= 0.3 is 0 Å². The van der Waals surface area contributed by atoms with Crippen molar-refractivity contribution in [2.75, 3.05) is 45.2 Å². The van der Waals surface area contributed by atoms with Crippen molar-refractivity contribution in [3.63, 3.8) is 0 Å². The largest absolute Gasteiger partial charge is 0.495 e. The fourth-order valence-electron chi connectivity index (χ4n) is 3.96. The number of hydrogen-bond acceptors (Lipinski definition) is 8. The molecule has 190 valence electrons. The third-order valence-electron chi connectivity index (χ3n) is 5.96. The van der Waals surface area contributed by atoms with Gasteiger partial charge in [-0.25, -0.2) is 4.98 Å². The molecule has 3 aromatic rings. The monoisotopic (exact) mass is 511 g/mol. The van der Waals surface area contributed by atoms with Crippen LogP contribution in [0, 0.1) is 0 Å². The Bertz CT molecular complexity index is 1190. The lowest BCUT2D eigenvalue weighted by Gasteiger charge is -2.34. The SMILES string of the molecule is COc1ccccc1Nc1nc(C(=O)N(CCC(=O)N2CCN(C(C)=O)CC2)Cc2ccco2)cs1. The molecule has 36 heavy (non-hydrogen) atoms. The summed E-state index contributed by atoms with van der Waals surface area (Å²) >= 11 is 1.31. The standard InChI is InChI=1S/C25H29N5O5S/c1-18(31)28-11-13-29(14-12-28)23(32)9-10-30(16-19-6-5-15-35-19)24(33)21-17-36-25(27-21)26-20-7-3-4-8-22(20)34-2/h3-8,15,17H,9-14,16H2,1-2H3,(H,26,27). The number of nitrogens with zero attached hydrogens (tertiary/aromatic N) is 4. The molecule has 1 fully saturated rings. The van der Waals surface area contributed by atoms with E-state index in [1.807, 2.05) is 24.3 Å². The second-order valence-electron chi connectivity index (χ2n) is 8.31. The van der Waals surface area contributed by atoms with E-state index < -0.39 is 0 Å². The number of piperazine rings is 1. The lowest BCUT2D eigenvalue weighted by Crippen LogP contribution is -2.50. The van der Waals surface area contributed by atoms with Crippen LogP contribution < -0.4 is 10.1 Å². The quantitative estimate of drug-likeness (QED) is 0.470. The summed E-state index contributed by atoms with van der Waals surface area (Å²) in [4.78, 5) is 47.3. The number of nitrogens with one attached hydrogen (secondary N) is 1. The fraction of sp³-hybridized carbons (Fsp3) is 0.360. The summed E-state index contributed by atoms with van der Waals surface area (Å²) < 4.78 is 10.8. The van der Waals surface area contributed by atoms with Gasteiger partial charge in [-0.05, 0) is 24.3 Å². The third-order valence-corrected chi connectivity index (χ3v) is 6.72. The second-order valence-corrected chi connectivity index (χ2v) is 9.16. The Labute approximate surface area is 213 Å². The normalized spacial score (nSPS) is 13.4. The first kappa shape index (κ1) is 25.2. The number of thiazole rings is 1. The molecule has 1 aromatic carbocycles. The fourth-order valence-corrected chi connectivity index (χ4v) is 4.65. The Morgan fingerprint density at radius 2 is 1.86 bits per heavy atom. The summed E-state index contributed by atoms with van der Waals surface area (Å²) in [5.41, 5.74) is 1.03. The van der Waals surface area contributed by atoms with Gasteiger partial charge in [0, 0.05) is 51.4 Å². The molecule has 4 rings (SSSR count). The van der Waals surface area contributed by atoms with E-state index in [0.717, 1.165) is 5.69 Å². The molecule has 1 N–H and O–H groups in total. The molecule has 3 amide bonds. The smallest absolute Gasteiger partial charge is 0.273 e. The Morgan fingerprint density at radius 3 is 2.56 bits per heavy atom. The van der Waals surface area contributed by atoms with E-state index in [-0.39, 0.29) is 42.9 Å². The number of rotatable bonds is 9. The molecule has 1 aliphatic rings. The third kappa shape index (κ3) is 6.22. The van der Waals surface area contributed by atoms with Gasteiger partial charge in [-0.2, -0.15) is 0 Å². The minimum Gasteiger partial charge on any atom is -0.495 e. The minimum absolute atomic E-state index is 0.0140. The molecule has 0 saturated carbocycles. The van der Waals surface area contributed by atoms with E-state index in [1.54, 1.807) is 45.6 Å². The predicted molar refractivity (Wildman–Crippen MR) is 135 cm³/mol. The summed E-state index contributed by atoms with van der Waals surface area (Å²) in [6, 6.07) is 11.0. The van der Waals surface area contributed by atoms with E-state index in [9.17, 15) is 14.4 Å². The first-order valence-electron chi connectivity index (χ1n) is 11.6. The topological polar surface area (TPSA) is 108 Å². The van der Waals surface area contributed by atoms with Gasteiger partial charge in [0.15, 0.2) is 5.13 Å². The van der Waals surface area contributed by atoms with Crippen LogP contribution in [0.4, 0.5) is 10.8 Å². The molecule has 1 saturated heterocycles. The maximum absolute atomic E-state index is 13.4. The van der Waals surface area contributed by atoms with E-state index in [0.29, 0.717) is 42.8 Å².